The van der Waals surface area contributed by atoms with E-state index in [9.17, 15) is 13.2 Å². The Morgan fingerprint density at radius 3 is 2.46 bits per heavy atom. The van der Waals surface area contributed by atoms with Crippen LogP contribution in [-0.4, -0.2) is 35.7 Å². The maximum Gasteiger partial charge on any atom is 0.573 e. The highest BCUT2D eigenvalue weighted by atomic mass is 79.9. The summed E-state index contributed by atoms with van der Waals surface area (Å²) in [6.07, 6.45) is 0.929. The molecule has 0 bridgehead atoms. The first-order valence-corrected chi connectivity index (χ1v) is 9.15. The fraction of sp³-hybridized carbons (Fsp3) is 0.500. The van der Waals surface area contributed by atoms with Crippen LogP contribution in [0.3, 0.4) is 0 Å². The number of quaternary nitrogens is 1. The smallest absolute Gasteiger partial charge is 0.496 e. The van der Waals surface area contributed by atoms with E-state index >= 15 is 0 Å². The Balaban J connectivity index is 2.52. The van der Waals surface area contributed by atoms with Crippen LogP contribution in [0.5, 0.6) is 11.5 Å². The SMILES string of the molecule is CCC(CC)[N+]1(C)C=CN=C(Br)C1c1ccc(OC(F)(F)F)cc1OC. The summed E-state index contributed by atoms with van der Waals surface area (Å²) in [4.78, 5) is 4.36. The number of nitrogens with zero attached hydrogens (tertiary/aromatic N) is 2. The van der Waals surface area contributed by atoms with Gasteiger partial charge in [0.2, 0.25) is 0 Å². The monoisotopic (exact) mass is 435 g/mol. The van der Waals surface area contributed by atoms with Gasteiger partial charge in [-0.1, -0.05) is 13.8 Å². The number of aliphatic imine (C=N–C) groups is 1. The summed E-state index contributed by atoms with van der Waals surface area (Å²) in [7, 11) is 3.52. The molecule has 4 nitrogen and oxygen atoms in total. The number of methoxy groups -OCH3 is 1. The summed E-state index contributed by atoms with van der Waals surface area (Å²) >= 11 is 3.54. The molecule has 2 atom stereocenters. The molecule has 26 heavy (non-hydrogen) atoms. The second kappa shape index (κ2) is 8.00. The highest BCUT2D eigenvalue weighted by molar-refractivity contribution is 9.18. The van der Waals surface area contributed by atoms with Crippen molar-refractivity contribution in [3.8, 4) is 11.5 Å². The first-order valence-electron chi connectivity index (χ1n) is 8.36. The zero-order valence-electron chi connectivity index (χ0n) is 15.2. The second-order valence-electron chi connectivity index (χ2n) is 6.30. The van der Waals surface area contributed by atoms with Gasteiger partial charge in [-0.05, 0) is 40.9 Å². The number of ether oxygens (including phenoxy) is 2. The van der Waals surface area contributed by atoms with Crippen molar-refractivity contribution in [3.63, 3.8) is 0 Å². The largest absolute Gasteiger partial charge is 0.573 e. The summed E-state index contributed by atoms with van der Waals surface area (Å²) in [6, 6.07) is 4.27. The van der Waals surface area contributed by atoms with Gasteiger partial charge in [-0.15, -0.1) is 13.2 Å². The molecule has 1 aliphatic rings. The summed E-state index contributed by atoms with van der Waals surface area (Å²) in [5.41, 5.74) is 0.747. The topological polar surface area (TPSA) is 30.8 Å². The first kappa shape index (κ1) is 20.8. The third-order valence-corrected chi connectivity index (χ3v) is 5.47. The van der Waals surface area contributed by atoms with Crippen LogP contribution < -0.4 is 9.47 Å². The van der Waals surface area contributed by atoms with Gasteiger partial charge in [0.25, 0.3) is 0 Å². The molecule has 144 valence electrons. The molecular formula is C18H23BrF3N2O2+. The molecule has 2 rings (SSSR count). The van der Waals surface area contributed by atoms with E-state index in [2.05, 4.69) is 46.6 Å². The average Bonchev–Trinajstić information content (AvgIpc) is 2.55. The van der Waals surface area contributed by atoms with Crippen molar-refractivity contribution in [2.45, 2.75) is 45.1 Å². The lowest BCUT2D eigenvalue weighted by atomic mass is 9.97. The third-order valence-electron chi connectivity index (χ3n) is 4.83. The van der Waals surface area contributed by atoms with Gasteiger partial charge in [-0.3, -0.25) is 4.48 Å². The lowest BCUT2D eigenvalue weighted by molar-refractivity contribution is -0.906. The van der Waals surface area contributed by atoms with Gasteiger partial charge in [-0.25, -0.2) is 4.99 Å². The Bertz CT molecular complexity index is 702. The predicted octanol–water partition coefficient (Wildman–Crippen LogP) is 5.55. The number of benzene rings is 1. The van der Waals surface area contributed by atoms with E-state index in [1.54, 1.807) is 12.3 Å². The minimum atomic E-state index is -4.75. The Morgan fingerprint density at radius 1 is 1.27 bits per heavy atom. The van der Waals surface area contributed by atoms with Crippen LogP contribution in [0.1, 0.15) is 38.3 Å². The highest BCUT2D eigenvalue weighted by Crippen LogP contribution is 2.43. The summed E-state index contributed by atoms with van der Waals surface area (Å²) in [5.74, 6) is 0.0174. The van der Waals surface area contributed by atoms with Crippen molar-refractivity contribution in [2.24, 2.45) is 4.99 Å². The van der Waals surface area contributed by atoms with Gasteiger partial charge in [0.15, 0.2) is 6.04 Å². The number of halogens is 4. The maximum atomic E-state index is 12.5. The molecule has 0 aliphatic carbocycles. The van der Waals surface area contributed by atoms with Crippen LogP contribution in [0.2, 0.25) is 0 Å². The number of hydrogen-bond acceptors (Lipinski definition) is 3. The Labute approximate surface area is 160 Å². The first-order chi connectivity index (χ1) is 12.2. The molecular weight excluding hydrogens is 413 g/mol. The minimum absolute atomic E-state index is 0.222. The molecule has 2 unspecified atom stereocenters. The molecule has 0 saturated heterocycles. The Morgan fingerprint density at radius 2 is 1.92 bits per heavy atom. The quantitative estimate of drug-likeness (QED) is 0.548. The molecule has 0 amide bonds. The molecule has 0 radical (unpaired) electrons. The molecule has 0 spiro atoms. The van der Waals surface area contributed by atoms with E-state index in [4.69, 9.17) is 4.74 Å². The van der Waals surface area contributed by atoms with E-state index < -0.39 is 6.36 Å². The van der Waals surface area contributed by atoms with Crippen molar-refractivity contribution < 1.29 is 27.1 Å². The fourth-order valence-electron chi connectivity index (χ4n) is 3.58. The predicted molar refractivity (Wildman–Crippen MR) is 98.5 cm³/mol. The van der Waals surface area contributed by atoms with E-state index in [0.717, 1.165) is 18.4 Å². The van der Waals surface area contributed by atoms with Crippen molar-refractivity contribution >= 4 is 20.6 Å². The van der Waals surface area contributed by atoms with Crippen LogP contribution in [-0.2, 0) is 0 Å². The lowest BCUT2D eigenvalue weighted by Gasteiger charge is -2.45. The minimum Gasteiger partial charge on any atom is -0.496 e. The summed E-state index contributed by atoms with van der Waals surface area (Å²) < 4.78 is 48.2. The highest BCUT2D eigenvalue weighted by Gasteiger charge is 2.44. The molecule has 0 fully saturated rings. The number of alkyl halides is 3. The van der Waals surface area contributed by atoms with E-state index in [1.807, 2.05) is 6.20 Å². The van der Waals surface area contributed by atoms with Gasteiger partial charge in [0, 0.05) is 6.07 Å². The van der Waals surface area contributed by atoms with Crippen LogP contribution in [0.15, 0.2) is 35.6 Å². The maximum absolute atomic E-state index is 12.5. The average molecular weight is 436 g/mol. The lowest BCUT2D eigenvalue weighted by Crippen LogP contribution is -2.52. The zero-order valence-corrected chi connectivity index (χ0v) is 16.8. The van der Waals surface area contributed by atoms with Gasteiger partial charge >= 0.3 is 6.36 Å². The second-order valence-corrected chi connectivity index (χ2v) is 7.11. The van der Waals surface area contributed by atoms with Crippen LogP contribution in [0.4, 0.5) is 13.2 Å². The normalized spacial score (nSPS) is 23.1. The third kappa shape index (κ3) is 4.23. The summed E-state index contributed by atoms with van der Waals surface area (Å²) in [5, 5.41) is 0. The van der Waals surface area contributed by atoms with Gasteiger partial charge in [-0.2, -0.15) is 0 Å². The van der Waals surface area contributed by atoms with Crippen molar-refractivity contribution in [1.29, 1.82) is 0 Å². The van der Waals surface area contributed by atoms with Gasteiger partial charge < -0.3 is 9.47 Å². The fourth-order valence-corrected chi connectivity index (χ4v) is 4.39. The molecule has 1 aliphatic heterocycles. The Kier molecular flexibility index (Phi) is 6.39. The van der Waals surface area contributed by atoms with Gasteiger partial charge in [0.1, 0.15) is 22.3 Å². The molecule has 0 aromatic heterocycles. The molecule has 0 saturated carbocycles. The van der Waals surface area contributed by atoms with E-state index in [-0.39, 0.29) is 11.8 Å². The van der Waals surface area contributed by atoms with Crippen LogP contribution in [0.25, 0.3) is 0 Å². The van der Waals surface area contributed by atoms with Crippen LogP contribution >= 0.6 is 15.9 Å². The van der Waals surface area contributed by atoms with Crippen molar-refractivity contribution in [1.82, 2.24) is 0 Å². The van der Waals surface area contributed by atoms with E-state index in [0.29, 0.717) is 20.9 Å². The van der Waals surface area contributed by atoms with E-state index in [1.165, 1.54) is 19.2 Å². The Hall–Kier alpha value is -1.54. The number of hydrogen-bond donors (Lipinski definition) is 0. The molecule has 8 heteroatoms. The number of rotatable bonds is 6. The molecule has 1 heterocycles. The molecule has 1 aromatic carbocycles. The summed E-state index contributed by atoms with van der Waals surface area (Å²) in [6.45, 7) is 4.25. The van der Waals surface area contributed by atoms with Gasteiger partial charge in [0.05, 0.1) is 32.0 Å². The van der Waals surface area contributed by atoms with Crippen molar-refractivity contribution in [2.75, 3.05) is 14.2 Å². The standard InChI is InChI=1S/C18H23BrF3N2O2/c1-5-12(6-2)24(3)10-9-23-17(19)16(24)14-8-7-13(11-15(14)25-4)26-18(20,21)22/h7-12,16H,5-6H2,1-4H3/q+1. The zero-order chi connectivity index (χ0) is 19.5. The molecule has 0 N–H and O–H groups in total. The van der Waals surface area contributed by atoms with Crippen molar-refractivity contribution in [3.05, 3.63) is 36.2 Å². The van der Waals surface area contributed by atoms with Crippen LogP contribution in [0, 0.1) is 0 Å². The molecule has 1 aromatic rings.